The Bertz CT molecular complexity index is 250. The van der Waals surface area contributed by atoms with E-state index in [4.69, 9.17) is 5.73 Å². The van der Waals surface area contributed by atoms with Crippen molar-refractivity contribution in [3.05, 3.63) is 0 Å². The topological polar surface area (TPSA) is 32.5 Å². The molecule has 0 radical (unpaired) electrons. The summed E-state index contributed by atoms with van der Waals surface area (Å²) in [5.74, 6) is 0.785. The smallest absolute Gasteiger partial charge is 0.0235 e. The largest absolute Gasteiger partial charge is 0.330 e. The van der Waals surface area contributed by atoms with Gasteiger partial charge in [-0.05, 0) is 57.7 Å². The zero-order valence-electron chi connectivity index (χ0n) is 11.0. The molecule has 0 aromatic carbocycles. The quantitative estimate of drug-likeness (QED) is 0.803. The van der Waals surface area contributed by atoms with Gasteiger partial charge in [-0.3, -0.25) is 9.80 Å². The fraction of sp³-hybridized carbons (Fsp3) is 1.00. The first-order chi connectivity index (χ1) is 8.38. The molecule has 3 aliphatic rings. The van der Waals surface area contributed by atoms with Crippen LogP contribution in [0.15, 0.2) is 0 Å². The van der Waals surface area contributed by atoms with Gasteiger partial charge in [-0.2, -0.15) is 0 Å². The van der Waals surface area contributed by atoms with Gasteiger partial charge in [-0.25, -0.2) is 0 Å². The fourth-order valence-corrected chi connectivity index (χ4v) is 4.25. The molecule has 3 rings (SSSR count). The van der Waals surface area contributed by atoms with Crippen molar-refractivity contribution >= 4 is 0 Å². The Hall–Kier alpha value is -0.120. The highest BCUT2D eigenvalue weighted by Crippen LogP contribution is 2.32. The van der Waals surface area contributed by atoms with Gasteiger partial charge in [0.15, 0.2) is 0 Å². The van der Waals surface area contributed by atoms with Gasteiger partial charge in [0, 0.05) is 25.2 Å². The van der Waals surface area contributed by atoms with E-state index in [2.05, 4.69) is 9.80 Å². The molecule has 2 aliphatic heterocycles. The number of hydrogen-bond acceptors (Lipinski definition) is 3. The molecule has 2 N–H and O–H groups in total. The number of rotatable bonds is 3. The first-order valence-electron chi connectivity index (χ1n) is 7.56. The molecule has 3 unspecified atom stereocenters. The Kier molecular flexibility index (Phi) is 3.69. The fourth-order valence-electron chi connectivity index (χ4n) is 4.25. The van der Waals surface area contributed by atoms with E-state index in [0.29, 0.717) is 0 Å². The van der Waals surface area contributed by atoms with Crippen molar-refractivity contribution in [2.75, 3.05) is 32.7 Å². The summed E-state index contributed by atoms with van der Waals surface area (Å²) in [4.78, 5) is 5.49. The minimum atomic E-state index is 0.785. The minimum absolute atomic E-state index is 0.785. The zero-order chi connectivity index (χ0) is 11.7. The van der Waals surface area contributed by atoms with Crippen molar-refractivity contribution in [1.29, 1.82) is 0 Å². The van der Waals surface area contributed by atoms with Crippen LogP contribution in [0.25, 0.3) is 0 Å². The van der Waals surface area contributed by atoms with Crippen molar-refractivity contribution in [3.63, 3.8) is 0 Å². The SMILES string of the molecule is NCC1CCCC1N1CCC(N2CCCC2)C1. The van der Waals surface area contributed by atoms with Gasteiger partial charge in [0.2, 0.25) is 0 Å². The summed E-state index contributed by atoms with van der Waals surface area (Å²) in [5, 5.41) is 0. The summed E-state index contributed by atoms with van der Waals surface area (Å²) in [6, 6.07) is 1.67. The third kappa shape index (κ3) is 2.38. The van der Waals surface area contributed by atoms with Crippen molar-refractivity contribution in [3.8, 4) is 0 Å². The molecular formula is C14H27N3. The molecule has 3 atom stereocenters. The van der Waals surface area contributed by atoms with Crippen LogP contribution in [0.5, 0.6) is 0 Å². The zero-order valence-corrected chi connectivity index (χ0v) is 11.0. The minimum Gasteiger partial charge on any atom is -0.330 e. The van der Waals surface area contributed by atoms with Crippen LogP contribution in [0.1, 0.15) is 38.5 Å². The van der Waals surface area contributed by atoms with E-state index in [1.165, 1.54) is 64.7 Å². The molecule has 98 valence electrons. The highest BCUT2D eigenvalue weighted by atomic mass is 15.3. The molecule has 0 aromatic rings. The van der Waals surface area contributed by atoms with Crippen molar-refractivity contribution < 1.29 is 0 Å². The molecule has 1 saturated carbocycles. The molecule has 1 aliphatic carbocycles. The highest BCUT2D eigenvalue weighted by Gasteiger charge is 2.37. The summed E-state index contributed by atoms with van der Waals surface area (Å²) in [6.07, 6.45) is 8.41. The molecule has 3 nitrogen and oxygen atoms in total. The second-order valence-corrected chi connectivity index (χ2v) is 6.17. The van der Waals surface area contributed by atoms with Crippen LogP contribution in [0.2, 0.25) is 0 Å². The van der Waals surface area contributed by atoms with E-state index in [0.717, 1.165) is 24.5 Å². The van der Waals surface area contributed by atoms with Crippen LogP contribution >= 0.6 is 0 Å². The van der Waals surface area contributed by atoms with E-state index < -0.39 is 0 Å². The Morgan fingerprint density at radius 3 is 2.47 bits per heavy atom. The maximum absolute atomic E-state index is 5.91. The summed E-state index contributed by atoms with van der Waals surface area (Å²) in [5.41, 5.74) is 5.91. The molecule has 2 heterocycles. The predicted molar refractivity (Wildman–Crippen MR) is 71.0 cm³/mol. The van der Waals surface area contributed by atoms with E-state index in [1.54, 1.807) is 0 Å². The van der Waals surface area contributed by atoms with Gasteiger partial charge in [0.1, 0.15) is 0 Å². The van der Waals surface area contributed by atoms with Crippen LogP contribution in [-0.2, 0) is 0 Å². The first-order valence-corrected chi connectivity index (χ1v) is 7.56. The maximum Gasteiger partial charge on any atom is 0.0235 e. The van der Waals surface area contributed by atoms with Gasteiger partial charge in [-0.1, -0.05) is 6.42 Å². The Morgan fingerprint density at radius 2 is 1.71 bits per heavy atom. The molecule has 3 fully saturated rings. The molecule has 0 amide bonds. The van der Waals surface area contributed by atoms with E-state index >= 15 is 0 Å². The molecule has 17 heavy (non-hydrogen) atoms. The number of hydrogen-bond donors (Lipinski definition) is 1. The summed E-state index contributed by atoms with van der Waals surface area (Å²) in [7, 11) is 0. The molecule has 2 saturated heterocycles. The second kappa shape index (κ2) is 5.25. The van der Waals surface area contributed by atoms with Crippen LogP contribution in [-0.4, -0.2) is 54.6 Å². The Balaban J connectivity index is 1.56. The van der Waals surface area contributed by atoms with E-state index in [9.17, 15) is 0 Å². The van der Waals surface area contributed by atoms with Gasteiger partial charge in [0.25, 0.3) is 0 Å². The maximum atomic E-state index is 5.91. The number of nitrogens with zero attached hydrogens (tertiary/aromatic N) is 2. The third-order valence-electron chi connectivity index (χ3n) is 5.24. The third-order valence-corrected chi connectivity index (χ3v) is 5.24. The van der Waals surface area contributed by atoms with Crippen LogP contribution in [0.3, 0.4) is 0 Å². The number of nitrogens with two attached hydrogens (primary N) is 1. The van der Waals surface area contributed by atoms with Crippen LogP contribution in [0, 0.1) is 5.92 Å². The molecule has 0 spiro atoms. The predicted octanol–water partition coefficient (Wildman–Crippen LogP) is 1.28. The van der Waals surface area contributed by atoms with E-state index in [-0.39, 0.29) is 0 Å². The molecule has 3 heteroatoms. The van der Waals surface area contributed by atoms with Gasteiger partial charge < -0.3 is 5.73 Å². The Labute approximate surface area is 105 Å². The average Bonchev–Trinajstić information content (AvgIpc) is 3.09. The van der Waals surface area contributed by atoms with Crippen LogP contribution in [0.4, 0.5) is 0 Å². The number of likely N-dealkylation sites (tertiary alicyclic amines) is 2. The Morgan fingerprint density at radius 1 is 0.882 bits per heavy atom. The highest BCUT2D eigenvalue weighted by molar-refractivity contribution is 4.93. The van der Waals surface area contributed by atoms with Gasteiger partial charge >= 0.3 is 0 Å². The average molecular weight is 237 g/mol. The molecular weight excluding hydrogens is 210 g/mol. The molecule has 0 bridgehead atoms. The van der Waals surface area contributed by atoms with Crippen molar-refractivity contribution in [2.24, 2.45) is 11.7 Å². The van der Waals surface area contributed by atoms with Crippen molar-refractivity contribution in [2.45, 2.75) is 50.6 Å². The van der Waals surface area contributed by atoms with Gasteiger partial charge in [-0.15, -0.1) is 0 Å². The molecule has 0 aromatic heterocycles. The monoisotopic (exact) mass is 237 g/mol. The first kappa shape index (κ1) is 11.9. The van der Waals surface area contributed by atoms with E-state index in [1.807, 2.05) is 0 Å². The van der Waals surface area contributed by atoms with Crippen molar-refractivity contribution in [1.82, 2.24) is 9.80 Å². The lowest BCUT2D eigenvalue weighted by molar-refractivity contribution is 0.174. The van der Waals surface area contributed by atoms with Gasteiger partial charge in [0.05, 0.1) is 0 Å². The summed E-state index contributed by atoms with van der Waals surface area (Å²) in [6.45, 7) is 6.24. The summed E-state index contributed by atoms with van der Waals surface area (Å²) >= 11 is 0. The van der Waals surface area contributed by atoms with Crippen LogP contribution < -0.4 is 5.73 Å². The lowest BCUT2D eigenvalue weighted by Crippen LogP contribution is -2.41. The standard InChI is InChI=1S/C14H27N3/c15-10-12-4-3-5-14(12)17-9-6-13(11-17)16-7-1-2-8-16/h12-14H,1-11,15H2. The lowest BCUT2D eigenvalue weighted by Gasteiger charge is -2.30. The second-order valence-electron chi connectivity index (χ2n) is 6.17. The summed E-state index contributed by atoms with van der Waals surface area (Å²) < 4.78 is 0. The lowest BCUT2D eigenvalue weighted by atomic mass is 10.0. The normalized spacial score (nSPS) is 40.4.